The van der Waals surface area contributed by atoms with Crippen LogP contribution in [0, 0.1) is 13.8 Å². The molecular formula is C29H41N3O5. The minimum Gasteiger partial charge on any atom is -0.497 e. The molecule has 2 saturated heterocycles. The van der Waals surface area contributed by atoms with Crippen LogP contribution in [0.4, 0.5) is 5.69 Å². The molecule has 8 heteroatoms. The minimum absolute atomic E-state index is 0.0673. The molecule has 37 heavy (non-hydrogen) atoms. The predicted octanol–water partition coefficient (Wildman–Crippen LogP) is 2.62. The fourth-order valence-corrected chi connectivity index (χ4v) is 5.32. The second-order valence-electron chi connectivity index (χ2n) is 10.8. The van der Waals surface area contributed by atoms with E-state index in [9.17, 15) is 15.0 Å². The van der Waals surface area contributed by atoms with Gasteiger partial charge in [-0.05, 0) is 62.1 Å². The number of hydrogen-bond acceptors (Lipinski definition) is 7. The topological polar surface area (TPSA) is 85.7 Å². The summed E-state index contributed by atoms with van der Waals surface area (Å²) in [5, 5.41) is 23.1. The molecule has 2 aliphatic rings. The highest BCUT2D eigenvalue weighted by Gasteiger charge is 2.41. The summed E-state index contributed by atoms with van der Waals surface area (Å²) in [5.74, 6) is 1.45. The summed E-state index contributed by atoms with van der Waals surface area (Å²) in [4.78, 5) is 18.3. The molecule has 0 spiro atoms. The number of methoxy groups -OCH3 is 1. The Balaban J connectivity index is 1.41. The second kappa shape index (κ2) is 11.3. The van der Waals surface area contributed by atoms with E-state index in [2.05, 4.69) is 15.9 Å². The number of aryl methyl sites for hydroxylation is 2. The van der Waals surface area contributed by atoms with E-state index in [1.54, 1.807) is 12.0 Å². The van der Waals surface area contributed by atoms with Crippen LogP contribution in [-0.4, -0.2) is 96.7 Å². The van der Waals surface area contributed by atoms with Crippen molar-refractivity contribution >= 4 is 11.6 Å². The molecule has 0 aliphatic carbocycles. The zero-order valence-electron chi connectivity index (χ0n) is 22.6. The van der Waals surface area contributed by atoms with Gasteiger partial charge in [-0.1, -0.05) is 12.1 Å². The minimum atomic E-state index is -1.25. The first kappa shape index (κ1) is 27.2. The molecule has 1 amide bonds. The average molecular weight is 512 g/mol. The normalized spacial score (nSPS) is 22.4. The molecule has 0 radical (unpaired) electrons. The lowest BCUT2D eigenvalue weighted by atomic mass is 9.90. The van der Waals surface area contributed by atoms with Crippen molar-refractivity contribution < 1.29 is 24.5 Å². The van der Waals surface area contributed by atoms with Gasteiger partial charge in [-0.2, -0.15) is 0 Å². The number of carbonyl (C=O) groups excluding carboxylic acids is 1. The van der Waals surface area contributed by atoms with Crippen molar-refractivity contribution in [2.75, 3.05) is 64.4 Å². The van der Waals surface area contributed by atoms with E-state index in [1.807, 2.05) is 50.2 Å². The smallest absolute Gasteiger partial charge is 0.219 e. The Morgan fingerprint density at radius 3 is 2.35 bits per heavy atom. The van der Waals surface area contributed by atoms with E-state index >= 15 is 0 Å². The van der Waals surface area contributed by atoms with Gasteiger partial charge in [0.15, 0.2) is 0 Å². The summed E-state index contributed by atoms with van der Waals surface area (Å²) >= 11 is 0. The van der Waals surface area contributed by atoms with Crippen LogP contribution in [0.25, 0.3) is 0 Å². The standard InChI is InChI=1S/C29H41N3O5/c1-22-8-9-27(16-23(22)2)37-21-29(35)19-30(14-15-32(20-29)24(3)33)18-28(34)10-12-31(13-11-28)25-6-5-7-26(17-25)36-4/h5-9,16-17,34-35H,10-15,18-21H2,1-4H3/t29-/m0/s1. The van der Waals surface area contributed by atoms with Crippen LogP contribution in [0.15, 0.2) is 42.5 Å². The average Bonchev–Trinajstić information content (AvgIpc) is 3.04. The molecule has 0 unspecified atom stereocenters. The number of carbonyl (C=O) groups is 1. The summed E-state index contributed by atoms with van der Waals surface area (Å²) in [6.45, 7) is 9.20. The van der Waals surface area contributed by atoms with Gasteiger partial charge in [0.05, 0.1) is 19.3 Å². The number of piperidine rings is 1. The highest BCUT2D eigenvalue weighted by atomic mass is 16.5. The fraction of sp³-hybridized carbons (Fsp3) is 0.552. The monoisotopic (exact) mass is 511 g/mol. The number of rotatable bonds is 7. The zero-order chi connectivity index (χ0) is 26.6. The van der Waals surface area contributed by atoms with Gasteiger partial charge in [0.25, 0.3) is 0 Å². The van der Waals surface area contributed by atoms with Gasteiger partial charge >= 0.3 is 0 Å². The van der Waals surface area contributed by atoms with Crippen molar-refractivity contribution in [3.05, 3.63) is 53.6 Å². The molecule has 4 rings (SSSR count). The Labute approximate surface area is 220 Å². The molecule has 2 fully saturated rings. The molecule has 202 valence electrons. The van der Waals surface area contributed by atoms with Crippen LogP contribution in [0.3, 0.4) is 0 Å². The van der Waals surface area contributed by atoms with Gasteiger partial charge in [-0.25, -0.2) is 0 Å². The van der Waals surface area contributed by atoms with Gasteiger partial charge in [0.2, 0.25) is 5.91 Å². The Hall–Kier alpha value is -2.81. The Bertz CT molecular complexity index is 1080. The van der Waals surface area contributed by atoms with Gasteiger partial charge in [-0.3, -0.25) is 9.69 Å². The number of benzene rings is 2. The molecule has 2 aromatic rings. The maximum absolute atomic E-state index is 12.3. The summed E-state index contributed by atoms with van der Waals surface area (Å²) < 4.78 is 11.4. The maximum atomic E-state index is 12.3. The third-order valence-corrected chi connectivity index (χ3v) is 7.75. The van der Waals surface area contributed by atoms with Gasteiger partial charge in [0, 0.05) is 57.9 Å². The number of β-amino-alcohol motifs (C(OH)–C–C–N with tert-alkyl or cyclic N) is 2. The Morgan fingerprint density at radius 1 is 0.919 bits per heavy atom. The lowest BCUT2D eigenvalue weighted by molar-refractivity contribution is -0.132. The van der Waals surface area contributed by atoms with Crippen molar-refractivity contribution in [3.63, 3.8) is 0 Å². The second-order valence-corrected chi connectivity index (χ2v) is 10.8. The third kappa shape index (κ3) is 6.94. The molecule has 8 nitrogen and oxygen atoms in total. The third-order valence-electron chi connectivity index (χ3n) is 7.75. The van der Waals surface area contributed by atoms with Crippen LogP contribution < -0.4 is 14.4 Å². The highest BCUT2D eigenvalue weighted by Crippen LogP contribution is 2.30. The number of nitrogens with zero attached hydrogens (tertiary/aromatic N) is 3. The number of amides is 1. The van der Waals surface area contributed by atoms with Gasteiger partial charge < -0.3 is 29.5 Å². The van der Waals surface area contributed by atoms with E-state index < -0.39 is 11.2 Å². The van der Waals surface area contributed by atoms with Crippen molar-refractivity contribution in [1.82, 2.24) is 9.80 Å². The molecule has 0 saturated carbocycles. The summed E-state index contributed by atoms with van der Waals surface area (Å²) in [6.07, 6.45) is 1.24. The molecule has 2 N–H and O–H groups in total. The van der Waals surface area contributed by atoms with E-state index in [0.29, 0.717) is 44.8 Å². The fourth-order valence-electron chi connectivity index (χ4n) is 5.32. The lowest BCUT2D eigenvalue weighted by Crippen LogP contribution is -2.55. The van der Waals surface area contributed by atoms with Crippen LogP contribution in [-0.2, 0) is 4.79 Å². The summed E-state index contributed by atoms with van der Waals surface area (Å²) in [7, 11) is 1.66. The number of hydrogen-bond donors (Lipinski definition) is 2. The summed E-state index contributed by atoms with van der Waals surface area (Å²) in [6, 6.07) is 13.9. The molecule has 0 bridgehead atoms. The van der Waals surface area contributed by atoms with Crippen LogP contribution in [0.5, 0.6) is 11.5 Å². The van der Waals surface area contributed by atoms with Crippen LogP contribution in [0.2, 0.25) is 0 Å². The van der Waals surface area contributed by atoms with Crippen LogP contribution >= 0.6 is 0 Å². The molecular weight excluding hydrogens is 470 g/mol. The first-order valence-electron chi connectivity index (χ1n) is 13.1. The molecule has 0 aromatic heterocycles. The maximum Gasteiger partial charge on any atom is 0.219 e. The molecule has 2 aromatic carbocycles. The molecule has 1 atom stereocenters. The van der Waals surface area contributed by atoms with Crippen LogP contribution in [0.1, 0.15) is 30.9 Å². The first-order valence-corrected chi connectivity index (χ1v) is 13.1. The van der Waals surface area contributed by atoms with Gasteiger partial charge in [-0.15, -0.1) is 0 Å². The highest BCUT2D eigenvalue weighted by molar-refractivity contribution is 5.73. The molecule has 2 aliphatic heterocycles. The SMILES string of the molecule is COc1cccc(N2CCC(O)(CN3CCN(C(C)=O)C[C@](O)(COc4ccc(C)c(C)c4)C3)CC2)c1. The Kier molecular flexibility index (Phi) is 8.31. The lowest BCUT2D eigenvalue weighted by Gasteiger charge is -2.42. The zero-order valence-corrected chi connectivity index (χ0v) is 22.6. The molecule has 2 heterocycles. The van der Waals surface area contributed by atoms with Crippen molar-refractivity contribution in [2.24, 2.45) is 0 Å². The number of anilines is 1. The largest absolute Gasteiger partial charge is 0.497 e. The quantitative estimate of drug-likeness (QED) is 0.591. The summed E-state index contributed by atoms with van der Waals surface area (Å²) in [5.41, 5.74) is 1.28. The van der Waals surface area contributed by atoms with Crippen molar-refractivity contribution in [1.29, 1.82) is 0 Å². The van der Waals surface area contributed by atoms with Crippen molar-refractivity contribution in [2.45, 2.75) is 44.8 Å². The van der Waals surface area contributed by atoms with E-state index in [-0.39, 0.29) is 19.1 Å². The first-order chi connectivity index (χ1) is 17.6. The van der Waals surface area contributed by atoms with E-state index in [0.717, 1.165) is 30.1 Å². The number of aliphatic hydroxyl groups is 2. The Morgan fingerprint density at radius 2 is 1.68 bits per heavy atom. The number of ether oxygens (including phenoxy) is 2. The van der Waals surface area contributed by atoms with Gasteiger partial charge in [0.1, 0.15) is 23.7 Å². The van der Waals surface area contributed by atoms with E-state index in [4.69, 9.17) is 9.47 Å². The van der Waals surface area contributed by atoms with E-state index in [1.165, 1.54) is 12.5 Å². The van der Waals surface area contributed by atoms with Crippen molar-refractivity contribution in [3.8, 4) is 11.5 Å². The predicted molar refractivity (Wildman–Crippen MR) is 144 cm³/mol.